The van der Waals surface area contributed by atoms with E-state index in [1.807, 2.05) is 30.3 Å². The first-order valence-electron chi connectivity index (χ1n) is 7.60. The number of nitrogens with zero attached hydrogens (tertiary/aromatic N) is 1. The van der Waals surface area contributed by atoms with E-state index in [2.05, 4.69) is 10.3 Å². The molecule has 2 aromatic rings. The summed E-state index contributed by atoms with van der Waals surface area (Å²) in [6.07, 6.45) is 5.93. The molecule has 0 amide bonds. The number of piperidine rings is 1. The van der Waals surface area contributed by atoms with E-state index in [1.54, 1.807) is 6.20 Å². The van der Waals surface area contributed by atoms with Crippen LogP contribution in [-0.2, 0) is 4.74 Å². The molecular formula is C17H18N2O2. The second-order valence-electron chi connectivity index (χ2n) is 6.05. The molecule has 0 saturated carbocycles. The van der Waals surface area contributed by atoms with Gasteiger partial charge >= 0.3 is 5.97 Å². The minimum Gasteiger partial charge on any atom is -0.459 e. The van der Waals surface area contributed by atoms with Crippen LogP contribution >= 0.6 is 0 Å². The number of carbonyl (C=O) groups is 1. The number of ether oxygens (including phenoxy) is 1. The number of aromatic nitrogens is 1. The number of hydrogen-bond donors (Lipinski definition) is 1. The maximum atomic E-state index is 12.3. The minimum absolute atomic E-state index is 0.0442. The van der Waals surface area contributed by atoms with Gasteiger partial charge in [0.15, 0.2) is 0 Å². The fraction of sp³-hybridized carbons (Fsp3) is 0.412. The number of fused-ring (bicyclic) bond motifs is 3. The number of pyridine rings is 1. The SMILES string of the molecule is O=C(OC1C[C@H]2CC[C@H](C1)N2)c1cnc2ccccc2c1. The Kier molecular flexibility index (Phi) is 3.11. The number of carbonyl (C=O) groups excluding carboxylic acids is 1. The highest BCUT2D eigenvalue weighted by atomic mass is 16.5. The molecule has 0 radical (unpaired) electrons. The van der Waals surface area contributed by atoms with Gasteiger partial charge in [-0.2, -0.15) is 0 Å². The van der Waals surface area contributed by atoms with Crippen molar-refractivity contribution >= 4 is 16.9 Å². The van der Waals surface area contributed by atoms with Crippen LogP contribution in [0, 0.1) is 0 Å². The lowest BCUT2D eigenvalue weighted by Gasteiger charge is -2.28. The number of para-hydroxylation sites is 1. The van der Waals surface area contributed by atoms with Crippen LogP contribution < -0.4 is 5.32 Å². The summed E-state index contributed by atoms with van der Waals surface area (Å²) in [7, 11) is 0. The number of esters is 1. The third-order valence-corrected chi connectivity index (χ3v) is 4.53. The van der Waals surface area contributed by atoms with Crippen molar-refractivity contribution in [3.8, 4) is 0 Å². The van der Waals surface area contributed by atoms with E-state index in [4.69, 9.17) is 4.74 Å². The molecule has 1 aromatic heterocycles. The normalized spacial score (nSPS) is 27.7. The van der Waals surface area contributed by atoms with E-state index in [1.165, 1.54) is 12.8 Å². The molecule has 1 N–H and O–H groups in total. The molecule has 2 fully saturated rings. The van der Waals surface area contributed by atoms with Gasteiger partial charge in [-0.15, -0.1) is 0 Å². The van der Waals surface area contributed by atoms with Crippen molar-refractivity contribution in [3.63, 3.8) is 0 Å². The lowest BCUT2D eigenvalue weighted by Crippen LogP contribution is -2.42. The second-order valence-corrected chi connectivity index (χ2v) is 6.05. The molecule has 2 aliphatic rings. The average molecular weight is 282 g/mol. The molecule has 108 valence electrons. The lowest BCUT2D eigenvalue weighted by atomic mass is 10.0. The Labute approximate surface area is 123 Å². The van der Waals surface area contributed by atoms with Crippen LogP contribution in [0.15, 0.2) is 36.5 Å². The summed E-state index contributed by atoms with van der Waals surface area (Å²) >= 11 is 0. The molecule has 2 saturated heterocycles. The van der Waals surface area contributed by atoms with Crippen LogP contribution in [0.1, 0.15) is 36.0 Å². The molecule has 2 aliphatic heterocycles. The summed E-state index contributed by atoms with van der Waals surface area (Å²) in [6, 6.07) is 10.7. The Bertz CT molecular complexity index is 673. The predicted octanol–water partition coefficient (Wildman–Crippen LogP) is 2.67. The molecule has 0 unspecified atom stereocenters. The number of nitrogens with one attached hydrogen (secondary N) is 1. The predicted molar refractivity (Wildman–Crippen MR) is 80.1 cm³/mol. The van der Waals surface area contributed by atoms with Gasteiger partial charge in [-0.1, -0.05) is 18.2 Å². The Morgan fingerprint density at radius 3 is 2.76 bits per heavy atom. The molecule has 0 spiro atoms. The van der Waals surface area contributed by atoms with E-state index in [0.29, 0.717) is 17.6 Å². The molecule has 2 bridgehead atoms. The molecule has 21 heavy (non-hydrogen) atoms. The van der Waals surface area contributed by atoms with Gasteiger partial charge in [-0.25, -0.2) is 4.79 Å². The Hall–Kier alpha value is -1.94. The Morgan fingerprint density at radius 1 is 1.19 bits per heavy atom. The van der Waals surface area contributed by atoms with Crippen LogP contribution in [0.3, 0.4) is 0 Å². The number of rotatable bonds is 2. The van der Waals surface area contributed by atoms with Gasteiger partial charge in [0.2, 0.25) is 0 Å². The zero-order valence-electron chi connectivity index (χ0n) is 11.8. The summed E-state index contributed by atoms with van der Waals surface area (Å²) < 4.78 is 5.69. The average Bonchev–Trinajstić information content (AvgIpc) is 2.85. The molecule has 3 heterocycles. The van der Waals surface area contributed by atoms with Crippen LogP contribution in [0.5, 0.6) is 0 Å². The quantitative estimate of drug-likeness (QED) is 0.860. The zero-order valence-corrected chi connectivity index (χ0v) is 11.8. The van der Waals surface area contributed by atoms with Crippen molar-refractivity contribution in [1.82, 2.24) is 10.3 Å². The summed E-state index contributed by atoms with van der Waals surface area (Å²) in [5.41, 5.74) is 1.44. The van der Waals surface area contributed by atoms with E-state index < -0.39 is 0 Å². The van der Waals surface area contributed by atoms with Crippen LogP contribution in [0.2, 0.25) is 0 Å². The van der Waals surface area contributed by atoms with Crippen LogP contribution in [0.25, 0.3) is 10.9 Å². The van der Waals surface area contributed by atoms with Crippen LogP contribution in [0.4, 0.5) is 0 Å². The van der Waals surface area contributed by atoms with Crippen molar-refractivity contribution in [2.45, 2.75) is 43.9 Å². The van der Waals surface area contributed by atoms with Gasteiger partial charge in [0.25, 0.3) is 0 Å². The molecular weight excluding hydrogens is 264 g/mol. The fourth-order valence-electron chi connectivity index (χ4n) is 3.50. The minimum atomic E-state index is -0.250. The highest BCUT2D eigenvalue weighted by molar-refractivity contribution is 5.93. The Morgan fingerprint density at radius 2 is 1.95 bits per heavy atom. The lowest BCUT2D eigenvalue weighted by molar-refractivity contribution is 0.0177. The Balaban J connectivity index is 1.50. The monoisotopic (exact) mass is 282 g/mol. The summed E-state index contributed by atoms with van der Waals surface area (Å²) in [6.45, 7) is 0. The molecule has 0 aliphatic carbocycles. The number of benzene rings is 1. The topological polar surface area (TPSA) is 51.2 Å². The van der Waals surface area contributed by atoms with Gasteiger partial charge in [-0.3, -0.25) is 4.98 Å². The first-order chi connectivity index (χ1) is 10.3. The van der Waals surface area contributed by atoms with Crippen molar-refractivity contribution < 1.29 is 9.53 Å². The highest BCUT2D eigenvalue weighted by Crippen LogP contribution is 2.29. The molecule has 4 rings (SSSR count). The van der Waals surface area contributed by atoms with E-state index in [9.17, 15) is 4.79 Å². The molecule has 4 heteroatoms. The summed E-state index contributed by atoms with van der Waals surface area (Å²) in [5, 5.41) is 4.52. The van der Waals surface area contributed by atoms with Crippen molar-refractivity contribution in [1.29, 1.82) is 0 Å². The van der Waals surface area contributed by atoms with Gasteiger partial charge in [-0.05, 0) is 37.8 Å². The maximum absolute atomic E-state index is 12.3. The standard InChI is InChI=1S/C17H18N2O2/c20-17(21-15-8-13-5-6-14(9-15)19-13)12-7-11-3-1-2-4-16(11)18-10-12/h1-4,7,10,13-15,19H,5-6,8-9H2/t13-,14-/m1/s1. The van der Waals surface area contributed by atoms with Gasteiger partial charge in [0, 0.05) is 23.7 Å². The summed E-state index contributed by atoms with van der Waals surface area (Å²) in [5.74, 6) is -0.250. The van der Waals surface area contributed by atoms with Gasteiger partial charge in [0.1, 0.15) is 6.10 Å². The van der Waals surface area contributed by atoms with E-state index in [0.717, 1.165) is 23.7 Å². The smallest absolute Gasteiger partial charge is 0.339 e. The molecule has 2 atom stereocenters. The molecule has 4 nitrogen and oxygen atoms in total. The largest absolute Gasteiger partial charge is 0.459 e. The highest BCUT2D eigenvalue weighted by Gasteiger charge is 2.35. The van der Waals surface area contributed by atoms with E-state index in [-0.39, 0.29) is 12.1 Å². The third kappa shape index (κ3) is 2.51. The first-order valence-corrected chi connectivity index (χ1v) is 7.60. The van der Waals surface area contributed by atoms with Crippen LogP contribution in [-0.4, -0.2) is 29.1 Å². The van der Waals surface area contributed by atoms with Crippen molar-refractivity contribution in [2.75, 3.05) is 0 Å². The van der Waals surface area contributed by atoms with Gasteiger partial charge in [0.05, 0.1) is 11.1 Å². The van der Waals surface area contributed by atoms with Crippen molar-refractivity contribution in [2.24, 2.45) is 0 Å². The summed E-state index contributed by atoms with van der Waals surface area (Å²) in [4.78, 5) is 16.6. The fourth-order valence-corrected chi connectivity index (χ4v) is 3.50. The van der Waals surface area contributed by atoms with Crippen molar-refractivity contribution in [3.05, 3.63) is 42.1 Å². The zero-order chi connectivity index (χ0) is 14.2. The number of hydrogen-bond acceptors (Lipinski definition) is 4. The van der Waals surface area contributed by atoms with E-state index >= 15 is 0 Å². The maximum Gasteiger partial charge on any atom is 0.339 e. The van der Waals surface area contributed by atoms with Gasteiger partial charge < -0.3 is 10.1 Å². The molecule has 1 aromatic carbocycles. The third-order valence-electron chi connectivity index (χ3n) is 4.53. The second kappa shape index (κ2) is 5.11. The first kappa shape index (κ1) is 12.8.